The zero-order valence-electron chi connectivity index (χ0n) is 18.9. The van der Waals surface area contributed by atoms with Crippen LogP contribution in [0.4, 0.5) is 4.79 Å². The molecule has 1 aliphatic rings. The molecule has 1 atom stereocenters. The first-order chi connectivity index (χ1) is 16.4. The summed E-state index contributed by atoms with van der Waals surface area (Å²) in [6.07, 6.45) is 1.05. The Morgan fingerprint density at radius 1 is 1.06 bits per heavy atom. The average Bonchev–Trinajstić information content (AvgIpc) is 3.10. The maximum Gasteiger partial charge on any atom is 0.344 e. The van der Waals surface area contributed by atoms with Crippen molar-refractivity contribution in [2.75, 3.05) is 5.75 Å². The van der Waals surface area contributed by atoms with Crippen LogP contribution in [0.25, 0.3) is 10.9 Å². The number of benzene rings is 2. The second-order valence-corrected chi connectivity index (χ2v) is 8.83. The van der Waals surface area contributed by atoms with Gasteiger partial charge in [-0.05, 0) is 30.5 Å². The van der Waals surface area contributed by atoms with E-state index in [0.29, 0.717) is 34.6 Å². The topological polar surface area (TPSA) is 113 Å². The van der Waals surface area contributed by atoms with Gasteiger partial charge in [-0.1, -0.05) is 68.1 Å². The molecule has 0 bridgehead atoms. The summed E-state index contributed by atoms with van der Waals surface area (Å²) in [5, 5.41) is 4.37. The number of amides is 4. The molecule has 2 N–H and O–H groups in total. The third-order valence-electron chi connectivity index (χ3n) is 5.73. The zero-order valence-corrected chi connectivity index (χ0v) is 19.7. The van der Waals surface area contributed by atoms with Gasteiger partial charge >= 0.3 is 6.03 Å². The highest BCUT2D eigenvalue weighted by molar-refractivity contribution is 7.99. The number of thioether (sulfide) groups is 1. The quantitative estimate of drug-likeness (QED) is 0.292. The highest BCUT2D eigenvalue weighted by atomic mass is 32.2. The summed E-state index contributed by atoms with van der Waals surface area (Å²) in [5.74, 6) is -1.23. The first-order valence-electron chi connectivity index (χ1n) is 11.1. The molecule has 2 heterocycles. The lowest BCUT2D eigenvalue weighted by Gasteiger charge is -2.25. The van der Waals surface area contributed by atoms with Crippen molar-refractivity contribution in [1.82, 2.24) is 25.3 Å². The molecule has 0 spiro atoms. The van der Waals surface area contributed by atoms with E-state index < -0.39 is 23.4 Å². The van der Waals surface area contributed by atoms with Crippen LogP contribution >= 0.6 is 11.8 Å². The molecular weight excluding hydrogens is 454 g/mol. The van der Waals surface area contributed by atoms with E-state index in [4.69, 9.17) is 0 Å². The Bertz CT molecular complexity index is 1310. The molecule has 10 heteroatoms. The molecule has 176 valence electrons. The standard InChI is InChI=1S/C24H25N5O4S/c1-3-14-28-20(31)17-12-8-9-13-18(17)25-23(28)34-15-19(30)27-29-21(32)24(4-2,26-22(29)33)16-10-6-5-7-11-16/h5-13H,3-4,14-15H2,1-2H3,(H,26,33)(H,27,30). The van der Waals surface area contributed by atoms with Gasteiger partial charge in [0, 0.05) is 6.54 Å². The van der Waals surface area contributed by atoms with Gasteiger partial charge in [0.1, 0.15) is 5.54 Å². The van der Waals surface area contributed by atoms with Crippen molar-refractivity contribution < 1.29 is 14.4 Å². The van der Waals surface area contributed by atoms with Crippen LogP contribution in [-0.2, 0) is 21.7 Å². The summed E-state index contributed by atoms with van der Waals surface area (Å²) < 4.78 is 1.55. The summed E-state index contributed by atoms with van der Waals surface area (Å²) in [4.78, 5) is 55.9. The Kier molecular flexibility index (Phi) is 6.69. The molecule has 0 saturated carbocycles. The molecule has 9 nitrogen and oxygen atoms in total. The third-order valence-corrected chi connectivity index (χ3v) is 6.71. The molecule has 0 radical (unpaired) electrons. The van der Waals surface area contributed by atoms with Crippen molar-refractivity contribution in [3.63, 3.8) is 0 Å². The second kappa shape index (κ2) is 9.68. The van der Waals surface area contributed by atoms with Gasteiger partial charge in [0.2, 0.25) is 5.91 Å². The summed E-state index contributed by atoms with van der Waals surface area (Å²) in [7, 11) is 0. The Hall–Kier alpha value is -3.66. The van der Waals surface area contributed by atoms with Gasteiger partial charge in [0.15, 0.2) is 5.16 Å². The van der Waals surface area contributed by atoms with Gasteiger partial charge in [-0.3, -0.25) is 24.4 Å². The first-order valence-corrected chi connectivity index (χ1v) is 12.0. The summed E-state index contributed by atoms with van der Waals surface area (Å²) in [6, 6.07) is 15.3. The molecule has 1 aliphatic heterocycles. The van der Waals surface area contributed by atoms with Crippen LogP contribution in [0, 0.1) is 0 Å². The number of hydrazine groups is 1. The number of hydrogen-bond donors (Lipinski definition) is 2. The molecule has 1 fully saturated rings. The van der Waals surface area contributed by atoms with Gasteiger partial charge in [0.05, 0.1) is 16.7 Å². The predicted octanol–water partition coefficient (Wildman–Crippen LogP) is 2.79. The predicted molar refractivity (Wildman–Crippen MR) is 129 cm³/mol. The normalized spacial score (nSPS) is 17.8. The van der Waals surface area contributed by atoms with Crippen molar-refractivity contribution >= 4 is 40.5 Å². The third kappa shape index (κ3) is 4.16. The maximum atomic E-state index is 13.2. The highest BCUT2D eigenvalue weighted by Gasteiger charge is 2.52. The lowest BCUT2D eigenvalue weighted by atomic mass is 9.87. The van der Waals surface area contributed by atoms with Crippen molar-refractivity contribution in [2.45, 2.75) is 43.9 Å². The molecule has 4 amide bonds. The molecule has 0 aliphatic carbocycles. The number of hydrogen-bond acceptors (Lipinski definition) is 6. The van der Waals surface area contributed by atoms with Crippen molar-refractivity contribution in [3.8, 4) is 0 Å². The van der Waals surface area contributed by atoms with E-state index in [-0.39, 0.29) is 11.3 Å². The number of urea groups is 1. The Balaban J connectivity index is 1.51. The van der Waals surface area contributed by atoms with Gasteiger partial charge < -0.3 is 5.32 Å². The van der Waals surface area contributed by atoms with E-state index in [1.165, 1.54) is 0 Å². The first kappa shape index (κ1) is 23.5. The van der Waals surface area contributed by atoms with Gasteiger partial charge in [0.25, 0.3) is 11.5 Å². The summed E-state index contributed by atoms with van der Waals surface area (Å²) in [6.45, 7) is 4.21. The SMILES string of the molecule is CCCn1c(SCC(=O)NN2C(=O)NC(CC)(c3ccccc3)C2=O)nc2ccccc2c1=O. The molecule has 34 heavy (non-hydrogen) atoms. The zero-order chi connectivity index (χ0) is 24.3. The minimum atomic E-state index is -1.24. The molecule has 1 aromatic heterocycles. The number of para-hydroxylation sites is 1. The summed E-state index contributed by atoms with van der Waals surface area (Å²) in [5.41, 5.74) is 2.20. The monoisotopic (exact) mass is 479 g/mol. The number of nitrogens with one attached hydrogen (secondary N) is 2. The number of imide groups is 1. The smallest absolute Gasteiger partial charge is 0.318 e. The van der Waals surface area contributed by atoms with E-state index in [1.54, 1.807) is 60.0 Å². The number of aromatic nitrogens is 2. The van der Waals surface area contributed by atoms with Crippen LogP contribution in [-0.4, -0.2) is 38.2 Å². The number of rotatable bonds is 8. The molecule has 3 aromatic rings. The molecule has 2 aromatic carbocycles. The number of fused-ring (bicyclic) bond motifs is 1. The minimum absolute atomic E-state index is 0.129. The highest BCUT2D eigenvalue weighted by Crippen LogP contribution is 2.31. The maximum absolute atomic E-state index is 13.2. The van der Waals surface area contributed by atoms with Crippen molar-refractivity contribution in [1.29, 1.82) is 0 Å². The van der Waals surface area contributed by atoms with E-state index >= 15 is 0 Å². The van der Waals surface area contributed by atoms with E-state index in [0.717, 1.165) is 23.2 Å². The van der Waals surface area contributed by atoms with E-state index in [9.17, 15) is 19.2 Å². The Morgan fingerprint density at radius 2 is 1.76 bits per heavy atom. The molecule has 1 unspecified atom stereocenters. The fraction of sp³-hybridized carbons (Fsp3) is 0.292. The molecule has 1 saturated heterocycles. The van der Waals surface area contributed by atoms with Crippen molar-refractivity contribution in [3.05, 3.63) is 70.5 Å². The van der Waals surface area contributed by atoms with Crippen LogP contribution in [0.15, 0.2) is 64.5 Å². The van der Waals surface area contributed by atoms with Crippen LogP contribution < -0.4 is 16.3 Å². The fourth-order valence-corrected chi connectivity index (χ4v) is 4.82. The average molecular weight is 480 g/mol. The van der Waals surface area contributed by atoms with Crippen LogP contribution in [0.3, 0.4) is 0 Å². The van der Waals surface area contributed by atoms with E-state index in [1.807, 2.05) is 13.0 Å². The summed E-state index contributed by atoms with van der Waals surface area (Å²) >= 11 is 1.08. The lowest BCUT2D eigenvalue weighted by molar-refractivity contribution is -0.138. The minimum Gasteiger partial charge on any atom is -0.318 e. The molecular formula is C24H25N5O4S. The van der Waals surface area contributed by atoms with Gasteiger partial charge in [-0.15, -0.1) is 0 Å². The van der Waals surface area contributed by atoms with Crippen molar-refractivity contribution in [2.24, 2.45) is 0 Å². The van der Waals surface area contributed by atoms with Crippen LogP contribution in [0.1, 0.15) is 32.3 Å². The lowest BCUT2D eigenvalue weighted by Crippen LogP contribution is -2.49. The van der Waals surface area contributed by atoms with Crippen LogP contribution in [0.5, 0.6) is 0 Å². The largest absolute Gasteiger partial charge is 0.344 e. The Morgan fingerprint density at radius 3 is 2.47 bits per heavy atom. The Labute approximate surface area is 200 Å². The van der Waals surface area contributed by atoms with Crippen LogP contribution in [0.2, 0.25) is 0 Å². The number of carbonyl (C=O) groups excluding carboxylic acids is 3. The fourth-order valence-electron chi connectivity index (χ4n) is 4.00. The van der Waals surface area contributed by atoms with Gasteiger partial charge in [-0.2, -0.15) is 5.01 Å². The number of carbonyl (C=O) groups is 3. The van der Waals surface area contributed by atoms with Gasteiger partial charge in [-0.25, -0.2) is 9.78 Å². The number of nitrogens with zero attached hydrogens (tertiary/aromatic N) is 3. The second-order valence-electron chi connectivity index (χ2n) is 7.89. The van der Waals surface area contributed by atoms with E-state index in [2.05, 4.69) is 15.7 Å². The molecule has 4 rings (SSSR count).